The fourth-order valence-corrected chi connectivity index (χ4v) is 2.00. The molecule has 0 saturated heterocycles. The van der Waals surface area contributed by atoms with Gasteiger partial charge in [-0.05, 0) is 36.8 Å². The molecular weight excluding hydrogens is 242 g/mol. The Kier molecular flexibility index (Phi) is 3.41. The minimum Gasteiger partial charge on any atom is -0.304 e. The van der Waals surface area contributed by atoms with Gasteiger partial charge in [-0.25, -0.2) is 0 Å². The molecule has 0 amide bonds. The van der Waals surface area contributed by atoms with Crippen molar-refractivity contribution in [2.45, 2.75) is 19.9 Å². The van der Waals surface area contributed by atoms with Crippen molar-refractivity contribution >= 4 is 23.8 Å². The lowest BCUT2D eigenvalue weighted by Crippen LogP contribution is -2.02. The third-order valence-corrected chi connectivity index (χ3v) is 2.99. The lowest BCUT2D eigenvalue weighted by molar-refractivity contribution is 0.704. The largest absolute Gasteiger partial charge is 0.304 e. The Morgan fingerprint density at radius 2 is 2.06 bits per heavy atom. The highest BCUT2D eigenvalue weighted by atomic mass is 35.5. The topological polar surface area (TPSA) is 33.6 Å². The molecule has 0 aliphatic carbocycles. The van der Waals surface area contributed by atoms with E-state index in [0.717, 1.165) is 23.8 Å². The molecule has 3 nitrogen and oxygen atoms in total. The molecule has 1 N–H and O–H groups in total. The van der Waals surface area contributed by atoms with Gasteiger partial charge in [0.2, 0.25) is 0 Å². The normalized spacial score (nSPS) is 10.6. The molecule has 0 spiro atoms. The van der Waals surface area contributed by atoms with Gasteiger partial charge in [-0.1, -0.05) is 23.7 Å². The van der Waals surface area contributed by atoms with Gasteiger partial charge in [0.1, 0.15) is 5.82 Å². The van der Waals surface area contributed by atoms with E-state index >= 15 is 0 Å². The van der Waals surface area contributed by atoms with Crippen molar-refractivity contribution in [3.63, 3.8) is 0 Å². The zero-order valence-corrected chi connectivity index (χ0v) is 10.5. The number of halogens is 1. The van der Waals surface area contributed by atoms with Gasteiger partial charge in [-0.15, -0.1) is 0 Å². The Labute approximate surface area is 104 Å². The molecule has 2 rings (SSSR count). The number of H-pyrrole nitrogens is 1. The second-order valence-electron chi connectivity index (χ2n) is 3.49. The molecule has 0 fully saturated rings. The van der Waals surface area contributed by atoms with E-state index in [1.54, 1.807) is 0 Å². The number of nitrogens with zero attached hydrogens (tertiary/aromatic N) is 2. The highest BCUT2D eigenvalue weighted by molar-refractivity contribution is 7.71. The maximum Gasteiger partial charge on any atom is 0.195 e. The molecule has 0 aliphatic heterocycles. The van der Waals surface area contributed by atoms with Gasteiger partial charge in [-0.3, -0.25) is 5.10 Å². The first-order chi connectivity index (χ1) is 7.70. The molecule has 16 heavy (non-hydrogen) atoms. The molecule has 0 atom stereocenters. The Balaban J connectivity index is 2.27. The Morgan fingerprint density at radius 3 is 2.69 bits per heavy atom. The number of nitrogens with one attached hydrogen (secondary N) is 1. The van der Waals surface area contributed by atoms with E-state index in [2.05, 4.69) is 17.1 Å². The maximum atomic E-state index is 5.83. The summed E-state index contributed by atoms with van der Waals surface area (Å²) in [6.07, 6.45) is 0.762. The second kappa shape index (κ2) is 4.80. The van der Waals surface area contributed by atoms with Crippen molar-refractivity contribution < 1.29 is 0 Å². The van der Waals surface area contributed by atoms with Crippen LogP contribution in [-0.4, -0.2) is 14.8 Å². The van der Waals surface area contributed by atoms with E-state index in [1.165, 1.54) is 5.56 Å². The van der Waals surface area contributed by atoms with E-state index in [9.17, 15) is 0 Å². The highest BCUT2D eigenvalue weighted by Gasteiger charge is 2.05. The van der Waals surface area contributed by atoms with E-state index in [0.29, 0.717) is 4.77 Å². The van der Waals surface area contributed by atoms with Gasteiger partial charge in [-0.2, -0.15) is 5.10 Å². The molecule has 0 bridgehead atoms. The van der Waals surface area contributed by atoms with Crippen LogP contribution in [-0.2, 0) is 13.0 Å². The van der Waals surface area contributed by atoms with Crippen molar-refractivity contribution in [1.29, 1.82) is 0 Å². The van der Waals surface area contributed by atoms with E-state index in [-0.39, 0.29) is 0 Å². The van der Waals surface area contributed by atoms with Crippen LogP contribution in [0.4, 0.5) is 0 Å². The lowest BCUT2D eigenvalue weighted by atomic mass is 10.1. The lowest BCUT2D eigenvalue weighted by Gasteiger charge is -2.03. The number of aromatic amines is 1. The minimum atomic E-state index is 0.673. The van der Waals surface area contributed by atoms with Gasteiger partial charge >= 0.3 is 0 Å². The SMILES string of the molecule is CCn1c(Cc2ccc(Cl)cc2)n[nH]c1=S. The molecule has 1 heterocycles. The van der Waals surface area contributed by atoms with Crippen molar-refractivity contribution in [3.05, 3.63) is 45.4 Å². The predicted octanol–water partition coefficient (Wildman–Crippen LogP) is 3.20. The molecule has 0 saturated carbocycles. The smallest absolute Gasteiger partial charge is 0.195 e. The molecular formula is C11H12ClN3S. The van der Waals surface area contributed by atoms with Crippen LogP contribution in [0.2, 0.25) is 5.02 Å². The van der Waals surface area contributed by atoms with Gasteiger partial charge in [0.05, 0.1) is 0 Å². The average molecular weight is 254 g/mol. The van der Waals surface area contributed by atoms with Crippen molar-refractivity contribution in [1.82, 2.24) is 14.8 Å². The zero-order valence-electron chi connectivity index (χ0n) is 8.90. The molecule has 84 valence electrons. The first-order valence-corrected chi connectivity index (χ1v) is 5.88. The van der Waals surface area contributed by atoms with E-state index in [1.807, 2.05) is 28.8 Å². The maximum absolute atomic E-state index is 5.83. The van der Waals surface area contributed by atoms with Crippen LogP contribution in [0.15, 0.2) is 24.3 Å². The van der Waals surface area contributed by atoms with Crippen LogP contribution in [0.25, 0.3) is 0 Å². The third-order valence-electron chi connectivity index (χ3n) is 2.43. The van der Waals surface area contributed by atoms with E-state index in [4.69, 9.17) is 23.8 Å². The third kappa shape index (κ3) is 2.33. The Bertz CT molecular complexity index is 527. The summed E-state index contributed by atoms with van der Waals surface area (Å²) in [5, 5.41) is 7.77. The predicted molar refractivity (Wildman–Crippen MR) is 67.3 cm³/mol. The summed E-state index contributed by atoms with van der Waals surface area (Å²) in [4.78, 5) is 0. The quantitative estimate of drug-likeness (QED) is 0.853. The molecule has 0 unspecified atom stereocenters. The van der Waals surface area contributed by atoms with Gasteiger partial charge in [0.15, 0.2) is 4.77 Å². The number of hydrogen-bond donors (Lipinski definition) is 1. The van der Waals surface area contributed by atoms with Gasteiger partial charge in [0.25, 0.3) is 0 Å². The number of rotatable bonds is 3. The fraction of sp³-hybridized carbons (Fsp3) is 0.273. The van der Waals surface area contributed by atoms with E-state index < -0.39 is 0 Å². The molecule has 1 aromatic carbocycles. The Hall–Kier alpha value is -1.13. The number of aromatic nitrogens is 3. The molecule has 2 aromatic rings. The average Bonchev–Trinajstić information content (AvgIpc) is 2.63. The van der Waals surface area contributed by atoms with Crippen LogP contribution in [0.3, 0.4) is 0 Å². The molecule has 1 aromatic heterocycles. The molecule has 0 aliphatic rings. The first kappa shape index (κ1) is 11.4. The second-order valence-corrected chi connectivity index (χ2v) is 4.32. The van der Waals surface area contributed by atoms with Crippen molar-refractivity contribution in [3.8, 4) is 0 Å². The van der Waals surface area contributed by atoms with Crippen molar-refractivity contribution in [2.24, 2.45) is 0 Å². The summed E-state index contributed by atoms with van der Waals surface area (Å²) < 4.78 is 2.66. The van der Waals surface area contributed by atoms with Crippen LogP contribution in [0.1, 0.15) is 18.3 Å². The standard InChI is InChI=1S/C11H12ClN3S/c1-2-15-10(13-14-11(15)16)7-8-3-5-9(12)6-4-8/h3-6H,2,7H2,1H3,(H,14,16). The molecule has 0 radical (unpaired) electrons. The summed E-state index contributed by atoms with van der Waals surface area (Å²) in [6.45, 7) is 2.88. The van der Waals surface area contributed by atoms with Gasteiger partial charge < -0.3 is 4.57 Å². The highest BCUT2D eigenvalue weighted by Crippen LogP contribution is 2.12. The number of hydrogen-bond acceptors (Lipinski definition) is 2. The summed E-state index contributed by atoms with van der Waals surface area (Å²) >= 11 is 11.0. The summed E-state index contributed by atoms with van der Waals surface area (Å²) in [5.74, 6) is 0.954. The zero-order chi connectivity index (χ0) is 11.5. The fourth-order valence-electron chi connectivity index (χ4n) is 1.60. The van der Waals surface area contributed by atoms with Crippen LogP contribution in [0.5, 0.6) is 0 Å². The minimum absolute atomic E-state index is 0.673. The van der Waals surface area contributed by atoms with Crippen molar-refractivity contribution in [2.75, 3.05) is 0 Å². The Morgan fingerprint density at radius 1 is 1.38 bits per heavy atom. The van der Waals surface area contributed by atoms with Crippen LogP contribution >= 0.6 is 23.8 Å². The first-order valence-electron chi connectivity index (χ1n) is 5.09. The summed E-state index contributed by atoms with van der Waals surface area (Å²) in [7, 11) is 0. The van der Waals surface area contributed by atoms with Crippen LogP contribution < -0.4 is 0 Å². The molecule has 5 heteroatoms. The monoisotopic (exact) mass is 253 g/mol. The van der Waals surface area contributed by atoms with Crippen LogP contribution in [0, 0.1) is 4.77 Å². The summed E-state index contributed by atoms with van der Waals surface area (Å²) in [5.41, 5.74) is 1.17. The summed E-state index contributed by atoms with van der Waals surface area (Å²) in [6, 6.07) is 7.77. The number of benzene rings is 1. The van der Waals surface area contributed by atoms with Gasteiger partial charge in [0, 0.05) is 18.0 Å².